The van der Waals surface area contributed by atoms with Crippen molar-refractivity contribution in [2.24, 2.45) is 0 Å². The Hall–Kier alpha value is -0.500. The Morgan fingerprint density at radius 1 is 1.38 bits per heavy atom. The van der Waals surface area contributed by atoms with Gasteiger partial charge in [-0.3, -0.25) is 4.98 Å². The average molecular weight is 195 g/mol. The first-order valence-electron chi connectivity index (χ1n) is 4.59. The highest BCUT2D eigenvalue weighted by Gasteiger charge is 2.18. The van der Waals surface area contributed by atoms with Gasteiger partial charge in [0.25, 0.3) is 0 Å². The van der Waals surface area contributed by atoms with Crippen LogP contribution in [0.3, 0.4) is 0 Å². The summed E-state index contributed by atoms with van der Waals surface area (Å²) >= 11 is 1.75. The molecule has 0 fully saturated rings. The van der Waals surface area contributed by atoms with Crippen molar-refractivity contribution in [1.29, 1.82) is 0 Å². The van der Waals surface area contributed by atoms with Gasteiger partial charge in [-0.05, 0) is 29.7 Å². The normalized spacial score (nSPS) is 11.7. The molecule has 0 N–H and O–H groups in total. The molecule has 0 aromatic carbocycles. The minimum absolute atomic E-state index is 0.249. The summed E-state index contributed by atoms with van der Waals surface area (Å²) in [6, 6.07) is 2.24. The van der Waals surface area contributed by atoms with Crippen molar-refractivity contribution in [3.63, 3.8) is 0 Å². The van der Waals surface area contributed by atoms with E-state index < -0.39 is 0 Å². The highest BCUT2D eigenvalue weighted by atomic mass is 32.2. The smallest absolute Gasteiger partial charge is 0.0404 e. The molecule has 0 aliphatic rings. The van der Waals surface area contributed by atoms with E-state index in [0.29, 0.717) is 0 Å². The molecular formula is C11H17NS. The topological polar surface area (TPSA) is 12.9 Å². The van der Waals surface area contributed by atoms with Crippen molar-refractivity contribution in [1.82, 2.24) is 4.98 Å². The van der Waals surface area contributed by atoms with Crippen LogP contribution in [0, 0.1) is 0 Å². The van der Waals surface area contributed by atoms with Gasteiger partial charge < -0.3 is 0 Å². The minimum Gasteiger partial charge on any atom is -0.263 e. The molecule has 0 amide bonds. The number of pyridine rings is 1. The molecule has 72 valence electrons. The SMILES string of the molecule is CCC(C)(C)c1cncc(SC)c1. The van der Waals surface area contributed by atoms with E-state index in [1.807, 2.05) is 12.4 Å². The van der Waals surface area contributed by atoms with Crippen molar-refractivity contribution < 1.29 is 0 Å². The van der Waals surface area contributed by atoms with Gasteiger partial charge in [0.2, 0.25) is 0 Å². The molecule has 0 saturated heterocycles. The van der Waals surface area contributed by atoms with Crippen molar-refractivity contribution in [3.05, 3.63) is 24.0 Å². The molecule has 13 heavy (non-hydrogen) atoms. The molecule has 2 heteroatoms. The molecule has 1 nitrogen and oxygen atoms in total. The Bertz CT molecular complexity index is 281. The van der Waals surface area contributed by atoms with Crippen molar-refractivity contribution in [3.8, 4) is 0 Å². The first-order chi connectivity index (χ1) is 6.10. The zero-order chi connectivity index (χ0) is 9.90. The zero-order valence-electron chi connectivity index (χ0n) is 8.79. The molecule has 0 aliphatic carbocycles. The van der Waals surface area contributed by atoms with Crippen LogP contribution in [0.25, 0.3) is 0 Å². The Morgan fingerprint density at radius 2 is 2.08 bits per heavy atom. The van der Waals surface area contributed by atoms with Crippen LogP contribution in [0.4, 0.5) is 0 Å². The molecule has 0 bridgehead atoms. The molecule has 0 atom stereocenters. The minimum atomic E-state index is 0.249. The lowest BCUT2D eigenvalue weighted by Gasteiger charge is -2.23. The van der Waals surface area contributed by atoms with Gasteiger partial charge in [-0.2, -0.15) is 0 Å². The molecule has 1 aromatic rings. The van der Waals surface area contributed by atoms with Gasteiger partial charge in [0.05, 0.1) is 0 Å². The Kier molecular flexibility index (Phi) is 3.37. The van der Waals surface area contributed by atoms with E-state index in [-0.39, 0.29) is 5.41 Å². The van der Waals surface area contributed by atoms with Gasteiger partial charge in [0.1, 0.15) is 0 Å². The summed E-state index contributed by atoms with van der Waals surface area (Å²) in [5.41, 5.74) is 1.58. The van der Waals surface area contributed by atoms with Crippen LogP contribution in [-0.4, -0.2) is 11.2 Å². The first-order valence-corrected chi connectivity index (χ1v) is 5.82. The summed E-state index contributed by atoms with van der Waals surface area (Å²) in [6.07, 6.45) is 7.12. The lowest BCUT2D eigenvalue weighted by atomic mass is 9.83. The van der Waals surface area contributed by atoms with E-state index in [4.69, 9.17) is 0 Å². The van der Waals surface area contributed by atoms with Crippen LogP contribution in [-0.2, 0) is 5.41 Å². The molecule has 0 spiro atoms. The standard InChI is InChI=1S/C11H17NS/c1-5-11(2,3)9-6-10(13-4)8-12-7-9/h6-8H,5H2,1-4H3. The van der Waals surface area contributed by atoms with Crippen LogP contribution < -0.4 is 0 Å². The van der Waals surface area contributed by atoms with Gasteiger partial charge in [-0.15, -0.1) is 11.8 Å². The second kappa shape index (κ2) is 4.14. The summed E-state index contributed by atoms with van der Waals surface area (Å²) in [5.74, 6) is 0. The highest BCUT2D eigenvalue weighted by molar-refractivity contribution is 7.98. The Balaban J connectivity index is 3.01. The predicted octanol–water partition coefficient (Wildman–Crippen LogP) is 3.49. The average Bonchev–Trinajstić information content (AvgIpc) is 2.18. The van der Waals surface area contributed by atoms with Crippen LogP contribution in [0.2, 0.25) is 0 Å². The van der Waals surface area contributed by atoms with E-state index >= 15 is 0 Å². The lowest BCUT2D eigenvalue weighted by molar-refractivity contribution is 0.503. The summed E-state index contributed by atoms with van der Waals surface area (Å²) in [7, 11) is 0. The maximum absolute atomic E-state index is 4.25. The zero-order valence-corrected chi connectivity index (χ0v) is 9.61. The van der Waals surface area contributed by atoms with Gasteiger partial charge in [-0.25, -0.2) is 0 Å². The third-order valence-electron chi connectivity index (χ3n) is 2.61. The Morgan fingerprint density at radius 3 is 2.62 bits per heavy atom. The molecule has 0 radical (unpaired) electrons. The van der Waals surface area contributed by atoms with Crippen molar-refractivity contribution in [2.75, 3.05) is 6.26 Å². The molecular weight excluding hydrogens is 178 g/mol. The maximum Gasteiger partial charge on any atom is 0.0404 e. The van der Waals surface area contributed by atoms with Crippen LogP contribution in [0.5, 0.6) is 0 Å². The lowest BCUT2D eigenvalue weighted by Crippen LogP contribution is -2.15. The van der Waals surface area contributed by atoms with E-state index in [0.717, 1.165) is 6.42 Å². The van der Waals surface area contributed by atoms with Crippen molar-refractivity contribution in [2.45, 2.75) is 37.5 Å². The molecule has 0 aliphatic heterocycles. The molecule has 0 unspecified atom stereocenters. The fourth-order valence-electron chi connectivity index (χ4n) is 1.10. The number of hydrogen-bond acceptors (Lipinski definition) is 2. The van der Waals surface area contributed by atoms with E-state index in [1.165, 1.54) is 10.5 Å². The van der Waals surface area contributed by atoms with E-state index in [2.05, 4.69) is 38.1 Å². The van der Waals surface area contributed by atoms with Crippen LogP contribution >= 0.6 is 11.8 Å². The second-order valence-corrected chi connectivity index (χ2v) is 4.73. The molecule has 1 heterocycles. The third-order valence-corrected chi connectivity index (χ3v) is 3.31. The quantitative estimate of drug-likeness (QED) is 0.685. The fourth-order valence-corrected chi connectivity index (χ4v) is 1.52. The highest BCUT2D eigenvalue weighted by Crippen LogP contribution is 2.28. The van der Waals surface area contributed by atoms with Crippen LogP contribution in [0.1, 0.15) is 32.8 Å². The Labute approximate surface area is 85.0 Å². The van der Waals surface area contributed by atoms with Gasteiger partial charge in [0, 0.05) is 17.3 Å². The maximum atomic E-state index is 4.25. The van der Waals surface area contributed by atoms with E-state index in [9.17, 15) is 0 Å². The number of hydrogen-bond donors (Lipinski definition) is 0. The summed E-state index contributed by atoms with van der Waals surface area (Å²) in [6.45, 7) is 6.73. The van der Waals surface area contributed by atoms with Crippen LogP contribution in [0.15, 0.2) is 23.4 Å². The largest absolute Gasteiger partial charge is 0.263 e. The van der Waals surface area contributed by atoms with Crippen molar-refractivity contribution >= 4 is 11.8 Å². The number of rotatable bonds is 3. The number of aromatic nitrogens is 1. The van der Waals surface area contributed by atoms with Gasteiger partial charge in [-0.1, -0.05) is 20.8 Å². The number of thioether (sulfide) groups is 1. The predicted molar refractivity (Wildman–Crippen MR) is 59.3 cm³/mol. The van der Waals surface area contributed by atoms with Gasteiger partial charge >= 0.3 is 0 Å². The van der Waals surface area contributed by atoms with E-state index in [1.54, 1.807) is 11.8 Å². The molecule has 0 saturated carbocycles. The monoisotopic (exact) mass is 195 g/mol. The second-order valence-electron chi connectivity index (χ2n) is 3.85. The fraction of sp³-hybridized carbons (Fsp3) is 0.545. The van der Waals surface area contributed by atoms with Gasteiger partial charge in [0.15, 0.2) is 0 Å². The summed E-state index contributed by atoms with van der Waals surface area (Å²) < 4.78 is 0. The summed E-state index contributed by atoms with van der Waals surface area (Å²) in [5, 5.41) is 0. The molecule has 1 rings (SSSR count). The number of nitrogens with zero attached hydrogens (tertiary/aromatic N) is 1. The first kappa shape index (κ1) is 10.6. The molecule has 1 aromatic heterocycles. The third kappa shape index (κ3) is 2.47. The summed E-state index contributed by atoms with van der Waals surface area (Å²) in [4.78, 5) is 5.50.